The van der Waals surface area contributed by atoms with Crippen LogP contribution in [0.1, 0.15) is 43.3 Å². The second-order valence-electron chi connectivity index (χ2n) is 4.33. The third kappa shape index (κ3) is 2.96. The second kappa shape index (κ2) is 6.41. The maximum Gasteiger partial charge on any atom is 0.148 e. The molecule has 0 fully saturated rings. The number of hydrogen-bond donors (Lipinski definition) is 1. The molecule has 98 valence electrons. The van der Waals surface area contributed by atoms with Crippen molar-refractivity contribution in [2.24, 2.45) is 0 Å². The van der Waals surface area contributed by atoms with Gasteiger partial charge in [-0.1, -0.05) is 25.2 Å². The van der Waals surface area contributed by atoms with Gasteiger partial charge in [0.2, 0.25) is 0 Å². The Morgan fingerprint density at radius 1 is 1.28 bits per heavy atom. The molecule has 1 N–H and O–H groups in total. The normalized spacial score (nSPS) is 12.8. The van der Waals surface area contributed by atoms with E-state index in [1.165, 1.54) is 11.1 Å². The van der Waals surface area contributed by atoms with Crippen LogP contribution in [0.25, 0.3) is 10.6 Å². The van der Waals surface area contributed by atoms with Crippen LogP contribution in [-0.4, -0.2) is 16.7 Å². The Morgan fingerprint density at radius 3 is 2.72 bits per heavy atom. The first-order valence-corrected chi connectivity index (χ1v) is 8.12. The van der Waals surface area contributed by atoms with Gasteiger partial charge in [-0.25, -0.2) is 0 Å². The van der Waals surface area contributed by atoms with Gasteiger partial charge >= 0.3 is 0 Å². The van der Waals surface area contributed by atoms with Gasteiger partial charge in [-0.3, -0.25) is 0 Å². The zero-order valence-corrected chi connectivity index (χ0v) is 12.7. The number of nitrogens with zero attached hydrogens (tertiary/aromatic N) is 2. The Balaban J connectivity index is 2.16. The maximum atomic E-state index is 4.35. The standard InChI is InChI=1S/C13H19N3S2/c1-4-6-14-11(5-2)13-16-15-12(18-13)10-8-17-7-9(10)3/h7-8,11,14H,4-6H2,1-3H3. The molecule has 0 aliphatic carbocycles. The molecule has 18 heavy (non-hydrogen) atoms. The molecule has 0 amide bonds. The maximum absolute atomic E-state index is 4.35. The summed E-state index contributed by atoms with van der Waals surface area (Å²) in [5, 5.41) is 18.7. The number of thiophene rings is 1. The van der Waals surface area contributed by atoms with E-state index in [1.54, 1.807) is 22.7 Å². The van der Waals surface area contributed by atoms with Crippen LogP contribution in [0.15, 0.2) is 10.8 Å². The molecule has 2 heterocycles. The van der Waals surface area contributed by atoms with E-state index in [0.717, 1.165) is 29.4 Å². The van der Waals surface area contributed by atoms with E-state index in [9.17, 15) is 0 Å². The lowest BCUT2D eigenvalue weighted by atomic mass is 10.2. The monoisotopic (exact) mass is 281 g/mol. The number of aromatic nitrogens is 2. The predicted octanol–water partition coefficient (Wildman–Crippen LogP) is 4.03. The molecule has 3 nitrogen and oxygen atoms in total. The second-order valence-corrected chi connectivity index (χ2v) is 6.08. The molecule has 0 saturated heterocycles. The van der Waals surface area contributed by atoms with Crippen molar-refractivity contribution < 1.29 is 0 Å². The molecule has 0 aromatic carbocycles. The minimum Gasteiger partial charge on any atom is -0.308 e. The summed E-state index contributed by atoms with van der Waals surface area (Å²) in [6, 6.07) is 0.343. The molecular formula is C13H19N3S2. The summed E-state index contributed by atoms with van der Waals surface area (Å²) >= 11 is 3.43. The minimum atomic E-state index is 0.343. The van der Waals surface area contributed by atoms with E-state index in [0.29, 0.717) is 6.04 Å². The minimum absolute atomic E-state index is 0.343. The fourth-order valence-electron chi connectivity index (χ4n) is 1.79. The van der Waals surface area contributed by atoms with Gasteiger partial charge in [0.05, 0.1) is 6.04 Å². The molecule has 2 rings (SSSR count). The average Bonchev–Trinajstić information content (AvgIpc) is 2.99. The van der Waals surface area contributed by atoms with Gasteiger partial charge in [0.15, 0.2) is 0 Å². The lowest BCUT2D eigenvalue weighted by Gasteiger charge is -2.12. The summed E-state index contributed by atoms with van der Waals surface area (Å²) in [5.41, 5.74) is 2.52. The third-order valence-corrected chi connectivity index (χ3v) is 4.81. The molecule has 0 bridgehead atoms. The van der Waals surface area contributed by atoms with Crippen molar-refractivity contribution in [2.75, 3.05) is 6.54 Å². The zero-order chi connectivity index (χ0) is 13.0. The average molecular weight is 281 g/mol. The van der Waals surface area contributed by atoms with E-state index in [-0.39, 0.29) is 0 Å². The van der Waals surface area contributed by atoms with Crippen molar-refractivity contribution in [1.29, 1.82) is 0 Å². The number of rotatable bonds is 6. The molecule has 2 aromatic heterocycles. The fraction of sp³-hybridized carbons (Fsp3) is 0.538. The molecule has 0 aliphatic rings. The van der Waals surface area contributed by atoms with E-state index >= 15 is 0 Å². The van der Waals surface area contributed by atoms with Crippen LogP contribution in [-0.2, 0) is 0 Å². The molecule has 2 aromatic rings. The van der Waals surface area contributed by atoms with Crippen LogP contribution < -0.4 is 5.32 Å². The van der Waals surface area contributed by atoms with Crippen molar-refractivity contribution in [3.63, 3.8) is 0 Å². The van der Waals surface area contributed by atoms with E-state index in [4.69, 9.17) is 0 Å². The smallest absolute Gasteiger partial charge is 0.148 e. The highest BCUT2D eigenvalue weighted by Gasteiger charge is 2.16. The number of hydrogen-bond acceptors (Lipinski definition) is 5. The molecule has 1 atom stereocenters. The van der Waals surface area contributed by atoms with E-state index < -0.39 is 0 Å². The van der Waals surface area contributed by atoms with Crippen LogP contribution in [0.5, 0.6) is 0 Å². The van der Waals surface area contributed by atoms with Crippen LogP contribution >= 0.6 is 22.7 Å². The first-order chi connectivity index (χ1) is 8.76. The highest BCUT2D eigenvalue weighted by atomic mass is 32.1. The summed E-state index contributed by atoms with van der Waals surface area (Å²) in [5.74, 6) is 0. The van der Waals surface area contributed by atoms with Crippen molar-refractivity contribution in [2.45, 2.75) is 39.7 Å². The Kier molecular flexibility index (Phi) is 4.86. The first kappa shape index (κ1) is 13.6. The SMILES string of the molecule is CCCNC(CC)c1nnc(-c2cscc2C)s1. The Labute approximate surface area is 116 Å². The third-order valence-electron chi connectivity index (χ3n) is 2.87. The molecular weight excluding hydrogens is 262 g/mol. The van der Waals surface area contributed by atoms with Crippen LogP contribution in [0.2, 0.25) is 0 Å². The van der Waals surface area contributed by atoms with Crippen molar-refractivity contribution in [1.82, 2.24) is 15.5 Å². The van der Waals surface area contributed by atoms with E-state index in [2.05, 4.69) is 47.0 Å². The van der Waals surface area contributed by atoms with Gasteiger partial charge < -0.3 is 5.32 Å². The van der Waals surface area contributed by atoms with Gasteiger partial charge in [-0.05, 0) is 37.3 Å². The first-order valence-electron chi connectivity index (χ1n) is 6.36. The molecule has 5 heteroatoms. The van der Waals surface area contributed by atoms with Gasteiger partial charge in [0.1, 0.15) is 10.0 Å². The lowest BCUT2D eigenvalue weighted by molar-refractivity contribution is 0.513. The molecule has 0 radical (unpaired) electrons. The molecule has 1 unspecified atom stereocenters. The van der Waals surface area contributed by atoms with Gasteiger partial charge in [0, 0.05) is 10.9 Å². The topological polar surface area (TPSA) is 37.8 Å². The highest BCUT2D eigenvalue weighted by Crippen LogP contribution is 2.31. The quantitative estimate of drug-likeness (QED) is 0.869. The Bertz CT molecular complexity index is 490. The molecule has 0 spiro atoms. The van der Waals surface area contributed by atoms with E-state index in [1.807, 2.05) is 0 Å². The molecule has 0 aliphatic heterocycles. The van der Waals surface area contributed by atoms with Crippen molar-refractivity contribution in [3.05, 3.63) is 21.3 Å². The summed E-state index contributed by atoms with van der Waals surface area (Å²) in [6.07, 6.45) is 2.20. The van der Waals surface area contributed by atoms with Crippen molar-refractivity contribution in [3.8, 4) is 10.6 Å². The largest absolute Gasteiger partial charge is 0.308 e. The number of nitrogens with one attached hydrogen (secondary N) is 1. The van der Waals surface area contributed by atoms with Crippen molar-refractivity contribution >= 4 is 22.7 Å². The number of aryl methyl sites for hydroxylation is 1. The predicted molar refractivity (Wildman–Crippen MR) is 79.3 cm³/mol. The van der Waals surface area contributed by atoms with Gasteiger partial charge in [0.25, 0.3) is 0 Å². The fourth-order valence-corrected chi connectivity index (χ4v) is 3.78. The highest BCUT2D eigenvalue weighted by molar-refractivity contribution is 7.15. The summed E-state index contributed by atoms with van der Waals surface area (Å²) in [4.78, 5) is 0. The summed E-state index contributed by atoms with van der Waals surface area (Å²) < 4.78 is 0. The summed E-state index contributed by atoms with van der Waals surface area (Å²) in [7, 11) is 0. The van der Waals surface area contributed by atoms with Crippen LogP contribution in [0, 0.1) is 6.92 Å². The van der Waals surface area contributed by atoms with Crippen LogP contribution in [0.4, 0.5) is 0 Å². The van der Waals surface area contributed by atoms with Gasteiger partial charge in [-0.2, -0.15) is 11.3 Å². The summed E-state index contributed by atoms with van der Waals surface area (Å²) in [6.45, 7) is 7.52. The zero-order valence-electron chi connectivity index (χ0n) is 11.1. The molecule has 0 saturated carbocycles. The lowest BCUT2D eigenvalue weighted by Crippen LogP contribution is -2.21. The van der Waals surface area contributed by atoms with Gasteiger partial charge in [-0.15, -0.1) is 10.2 Å². The Hall–Kier alpha value is -0.780. The Morgan fingerprint density at radius 2 is 2.11 bits per heavy atom. The van der Waals surface area contributed by atoms with Crippen LogP contribution in [0.3, 0.4) is 0 Å².